The third kappa shape index (κ3) is 4.03. The summed E-state index contributed by atoms with van der Waals surface area (Å²) in [6.45, 7) is 4.71. The molecule has 3 heterocycles. The van der Waals surface area contributed by atoms with Gasteiger partial charge in [-0.25, -0.2) is 0 Å². The Morgan fingerprint density at radius 3 is 2.44 bits per heavy atom. The third-order valence-corrected chi connectivity index (χ3v) is 7.35. The average Bonchev–Trinajstić information content (AvgIpc) is 3.34. The van der Waals surface area contributed by atoms with Crippen LogP contribution in [-0.4, -0.2) is 20.5 Å². The van der Waals surface area contributed by atoms with E-state index in [2.05, 4.69) is 52.0 Å². The summed E-state index contributed by atoms with van der Waals surface area (Å²) < 4.78 is 2.15. The molecule has 0 amide bonds. The molecule has 6 heteroatoms. The quantitative estimate of drug-likeness (QED) is 0.335. The monoisotopic (exact) mass is 460 g/mol. The van der Waals surface area contributed by atoms with Gasteiger partial charge in [-0.05, 0) is 49.4 Å². The SMILES string of the molecule is CCCc1ccc(CCc2cc3c(s2)-n2c(C)nnc2CN=C3c2ccccc2Cl)cc1. The second-order valence-corrected chi connectivity index (χ2v) is 9.66. The van der Waals surface area contributed by atoms with E-state index in [-0.39, 0.29) is 0 Å². The lowest BCUT2D eigenvalue weighted by Gasteiger charge is -2.08. The van der Waals surface area contributed by atoms with Gasteiger partial charge < -0.3 is 0 Å². The number of benzene rings is 2. The van der Waals surface area contributed by atoms with E-state index in [9.17, 15) is 0 Å². The zero-order valence-electron chi connectivity index (χ0n) is 18.3. The smallest absolute Gasteiger partial charge is 0.160 e. The number of fused-ring (bicyclic) bond motifs is 3. The van der Waals surface area contributed by atoms with E-state index >= 15 is 0 Å². The fourth-order valence-electron chi connectivity index (χ4n) is 4.21. The summed E-state index contributed by atoms with van der Waals surface area (Å²) in [5.74, 6) is 1.75. The largest absolute Gasteiger partial charge is 0.276 e. The molecule has 0 N–H and O–H groups in total. The van der Waals surface area contributed by atoms with E-state index in [1.54, 1.807) is 11.3 Å². The van der Waals surface area contributed by atoms with Gasteiger partial charge in [0.25, 0.3) is 0 Å². The highest BCUT2D eigenvalue weighted by molar-refractivity contribution is 7.15. The van der Waals surface area contributed by atoms with Gasteiger partial charge in [0.2, 0.25) is 0 Å². The maximum absolute atomic E-state index is 6.56. The molecule has 5 rings (SSSR count). The normalized spacial score (nSPS) is 12.8. The highest BCUT2D eigenvalue weighted by Crippen LogP contribution is 2.35. The number of halogens is 1. The second-order valence-electron chi connectivity index (χ2n) is 8.14. The van der Waals surface area contributed by atoms with Crippen molar-refractivity contribution in [2.45, 2.75) is 46.1 Å². The van der Waals surface area contributed by atoms with Crippen LogP contribution in [-0.2, 0) is 25.8 Å². The summed E-state index contributed by atoms with van der Waals surface area (Å²) in [5.41, 5.74) is 5.78. The molecule has 0 radical (unpaired) electrons. The van der Waals surface area contributed by atoms with Crippen LogP contribution >= 0.6 is 22.9 Å². The zero-order valence-corrected chi connectivity index (χ0v) is 19.9. The standard InChI is InChI=1S/C26H25ClN4S/c1-3-6-18-9-11-19(12-10-18)13-14-20-15-22-25(21-7-4-5-8-23(21)27)28-16-24-30-29-17(2)31(24)26(22)32-20/h4-5,7-12,15H,3,6,13-14,16H2,1-2H3. The van der Waals surface area contributed by atoms with Crippen molar-refractivity contribution in [2.75, 3.05) is 0 Å². The fraction of sp³-hybridized carbons (Fsp3) is 0.269. The Hall–Kier alpha value is -2.76. The molecule has 0 bridgehead atoms. The van der Waals surface area contributed by atoms with Crippen molar-refractivity contribution in [3.8, 4) is 5.00 Å². The molecular formula is C26H25ClN4S. The number of aromatic nitrogens is 3. The second kappa shape index (κ2) is 9.00. The number of rotatable bonds is 6. The fourth-order valence-corrected chi connectivity index (χ4v) is 5.66. The van der Waals surface area contributed by atoms with Gasteiger partial charge in [-0.15, -0.1) is 21.5 Å². The van der Waals surface area contributed by atoms with Crippen LogP contribution in [0.2, 0.25) is 5.02 Å². The molecule has 0 atom stereocenters. The van der Waals surface area contributed by atoms with E-state index in [1.165, 1.54) is 22.4 Å². The lowest BCUT2D eigenvalue weighted by Crippen LogP contribution is -2.05. The molecule has 32 heavy (non-hydrogen) atoms. The minimum atomic E-state index is 0.488. The van der Waals surface area contributed by atoms with Gasteiger partial charge in [0, 0.05) is 21.0 Å². The van der Waals surface area contributed by atoms with Crippen LogP contribution in [0, 0.1) is 6.92 Å². The Labute approximate surface area is 197 Å². The van der Waals surface area contributed by atoms with Gasteiger partial charge in [-0.1, -0.05) is 67.4 Å². The predicted octanol–water partition coefficient (Wildman–Crippen LogP) is 6.38. The zero-order chi connectivity index (χ0) is 22.1. The molecule has 2 aromatic carbocycles. The first-order chi connectivity index (χ1) is 15.6. The molecule has 0 fully saturated rings. The number of hydrogen-bond acceptors (Lipinski definition) is 4. The molecule has 1 aliphatic heterocycles. The Bertz CT molecular complexity index is 1280. The van der Waals surface area contributed by atoms with E-state index in [0.29, 0.717) is 11.6 Å². The van der Waals surface area contributed by atoms with Crippen LogP contribution in [0.15, 0.2) is 59.6 Å². The Balaban J connectivity index is 1.49. The van der Waals surface area contributed by atoms with Crippen LogP contribution in [0.25, 0.3) is 5.00 Å². The van der Waals surface area contributed by atoms with Gasteiger partial charge in [0.05, 0.1) is 5.71 Å². The van der Waals surface area contributed by atoms with Crippen molar-refractivity contribution in [3.05, 3.63) is 98.4 Å². The summed E-state index contributed by atoms with van der Waals surface area (Å²) in [6, 6.07) is 19.3. The van der Waals surface area contributed by atoms with Gasteiger partial charge in [-0.3, -0.25) is 9.56 Å². The third-order valence-electron chi connectivity index (χ3n) is 5.84. The van der Waals surface area contributed by atoms with Gasteiger partial charge in [0.15, 0.2) is 5.82 Å². The maximum Gasteiger partial charge on any atom is 0.160 e. The van der Waals surface area contributed by atoms with Crippen molar-refractivity contribution in [1.29, 1.82) is 0 Å². The van der Waals surface area contributed by atoms with E-state index < -0.39 is 0 Å². The molecule has 0 unspecified atom stereocenters. The van der Waals surface area contributed by atoms with Crippen LogP contribution < -0.4 is 0 Å². The highest BCUT2D eigenvalue weighted by atomic mass is 35.5. The van der Waals surface area contributed by atoms with Crippen LogP contribution in [0.1, 0.15) is 52.1 Å². The lowest BCUT2D eigenvalue weighted by atomic mass is 10.0. The van der Waals surface area contributed by atoms with E-state index in [1.807, 2.05) is 31.2 Å². The molecule has 4 aromatic rings. The first kappa shape index (κ1) is 21.1. The molecule has 4 nitrogen and oxygen atoms in total. The minimum Gasteiger partial charge on any atom is -0.276 e. The molecule has 162 valence electrons. The molecule has 0 spiro atoms. The molecule has 2 aromatic heterocycles. The van der Waals surface area contributed by atoms with Crippen molar-refractivity contribution >= 4 is 28.6 Å². The van der Waals surface area contributed by atoms with Crippen molar-refractivity contribution < 1.29 is 0 Å². The number of aryl methyl sites for hydroxylation is 4. The molecular weight excluding hydrogens is 436 g/mol. The minimum absolute atomic E-state index is 0.488. The number of aliphatic imine (C=N–C) groups is 1. The predicted molar refractivity (Wildman–Crippen MR) is 133 cm³/mol. The van der Waals surface area contributed by atoms with Gasteiger partial charge in [-0.2, -0.15) is 0 Å². The lowest BCUT2D eigenvalue weighted by molar-refractivity contribution is 0.869. The summed E-state index contributed by atoms with van der Waals surface area (Å²) >= 11 is 8.37. The van der Waals surface area contributed by atoms with Crippen molar-refractivity contribution in [2.24, 2.45) is 4.99 Å². The van der Waals surface area contributed by atoms with Crippen LogP contribution in [0.3, 0.4) is 0 Å². The average molecular weight is 461 g/mol. The molecule has 0 saturated carbocycles. The van der Waals surface area contributed by atoms with Crippen LogP contribution in [0.4, 0.5) is 0 Å². The van der Waals surface area contributed by atoms with Gasteiger partial charge in [0.1, 0.15) is 17.4 Å². The first-order valence-electron chi connectivity index (χ1n) is 11.1. The van der Waals surface area contributed by atoms with Gasteiger partial charge >= 0.3 is 0 Å². The Kier molecular flexibility index (Phi) is 5.94. The first-order valence-corrected chi connectivity index (χ1v) is 12.2. The summed E-state index contributed by atoms with van der Waals surface area (Å²) in [7, 11) is 0. The number of thiophene rings is 1. The van der Waals surface area contributed by atoms with Crippen LogP contribution in [0.5, 0.6) is 0 Å². The van der Waals surface area contributed by atoms with E-state index in [4.69, 9.17) is 16.6 Å². The Morgan fingerprint density at radius 1 is 0.938 bits per heavy atom. The van der Waals surface area contributed by atoms with Crippen molar-refractivity contribution in [3.63, 3.8) is 0 Å². The molecule has 1 aliphatic rings. The summed E-state index contributed by atoms with van der Waals surface area (Å²) in [4.78, 5) is 6.25. The molecule has 0 saturated heterocycles. The van der Waals surface area contributed by atoms with E-state index in [0.717, 1.165) is 52.8 Å². The summed E-state index contributed by atoms with van der Waals surface area (Å²) in [6.07, 6.45) is 4.32. The highest BCUT2D eigenvalue weighted by Gasteiger charge is 2.25. The summed E-state index contributed by atoms with van der Waals surface area (Å²) in [5, 5.41) is 10.5. The van der Waals surface area contributed by atoms with Crippen molar-refractivity contribution in [1.82, 2.24) is 14.8 Å². The number of nitrogens with zero attached hydrogens (tertiary/aromatic N) is 4. The number of hydrogen-bond donors (Lipinski definition) is 0. The topological polar surface area (TPSA) is 43.1 Å². The molecule has 0 aliphatic carbocycles. The maximum atomic E-state index is 6.56. The Morgan fingerprint density at radius 2 is 1.69 bits per heavy atom.